The third kappa shape index (κ3) is 4.13. The first kappa shape index (κ1) is 19.0. The molecule has 8 nitrogen and oxygen atoms in total. The topological polar surface area (TPSA) is 88.4 Å². The minimum atomic E-state index is -0.302. The lowest BCUT2D eigenvalue weighted by atomic mass is 10.3. The molecule has 0 saturated heterocycles. The van der Waals surface area contributed by atoms with E-state index < -0.39 is 0 Å². The molecule has 142 valence electrons. The van der Waals surface area contributed by atoms with Crippen LogP contribution in [0.25, 0.3) is 16.7 Å². The number of methoxy groups -OCH3 is 1. The fourth-order valence-electron chi connectivity index (χ4n) is 2.43. The van der Waals surface area contributed by atoms with Gasteiger partial charge in [0, 0.05) is 6.42 Å². The molecule has 0 atom stereocenters. The third-order valence-corrected chi connectivity index (χ3v) is 4.37. The van der Waals surface area contributed by atoms with E-state index in [9.17, 15) is 4.79 Å². The zero-order valence-corrected chi connectivity index (χ0v) is 16.2. The summed E-state index contributed by atoms with van der Waals surface area (Å²) in [6.07, 6.45) is 2.70. The van der Waals surface area contributed by atoms with Gasteiger partial charge in [-0.25, -0.2) is 4.68 Å². The number of nitrogens with zero attached hydrogens (tertiary/aromatic N) is 4. The van der Waals surface area contributed by atoms with Crippen molar-refractivity contribution in [3.63, 3.8) is 0 Å². The second-order valence-electron chi connectivity index (χ2n) is 5.50. The van der Waals surface area contributed by atoms with E-state index in [1.807, 2.05) is 38.1 Å². The lowest BCUT2D eigenvalue weighted by Gasteiger charge is -2.10. The van der Waals surface area contributed by atoms with E-state index in [0.717, 1.165) is 17.7 Å². The normalized spacial score (nSPS) is 10.8. The Balaban J connectivity index is 2.06. The first-order valence-electron chi connectivity index (χ1n) is 8.57. The van der Waals surface area contributed by atoms with Crippen molar-refractivity contribution in [3.05, 3.63) is 30.5 Å². The number of rotatable bonds is 8. The molecule has 0 aliphatic carbocycles. The number of hydrogen-bond donors (Lipinski definition) is 0. The van der Waals surface area contributed by atoms with Crippen molar-refractivity contribution in [2.45, 2.75) is 31.7 Å². The van der Waals surface area contributed by atoms with Gasteiger partial charge in [-0.15, -0.1) is 0 Å². The van der Waals surface area contributed by atoms with Crippen molar-refractivity contribution in [2.75, 3.05) is 13.7 Å². The average Bonchev–Trinajstić information content (AvgIpc) is 3.10. The molecule has 0 bridgehead atoms. The summed E-state index contributed by atoms with van der Waals surface area (Å²) in [4.78, 5) is 20.5. The number of para-hydroxylation sites is 2. The third-order valence-electron chi connectivity index (χ3n) is 3.63. The van der Waals surface area contributed by atoms with Gasteiger partial charge >= 0.3 is 12.0 Å². The van der Waals surface area contributed by atoms with Crippen LogP contribution >= 0.6 is 12.0 Å². The molecule has 0 saturated carbocycles. The molecule has 3 aromatic rings. The fraction of sp³-hybridized carbons (Fsp3) is 0.333. The molecule has 0 amide bonds. The van der Waals surface area contributed by atoms with E-state index in [0.29, 0.717) is 41.3 Å². The highest BCUT2D eigenvalue weighted by molar-refractivity contribution is 7.95. The molecule has 2 aromatic heterocycles. The van der Waals surface area contributed by atoms with Gasteiger partial charge in [0.05, 0.1) is 25.3 Å². The van der Waals surface area contributed by atoms with Crippen molar-refractivity contribution >= 4 is 29.0 Å². The van der Waals surface area contributed by atoms with Gasteiger partial charge in [-0.05, 0) is 25.5 Å². The highest BCUT2D eigenvalue weighted by atomic mass is 32.2. The first-order valence-corrected chi connectivity index (χ1v) is 9.31. The molecule has 0 fully saturated rings. The smallest absolute Gasteiger partial charge is 0.319 e. The lowest BCUT2D eigenvalue weighted by Crippen LogP contribution is -2.04. The van der Waals surface area contributed by atoms with Crippen molar-refractivity contribution in [2.24, 2.45) is 0 Å². The summed E-state index contributed by atoms with van der Waals surface area (Å²) in [6, 6.07) is 7.68. The van der Waals surface area contributed by atoms with Gasteiger partial charge in [-0.1, -0.05) is 19.1 Å². The maximum atomic E-state index is 11.7. The number of benzene rings is 1. The second-order valence-corrected chi connectivity index (χ2v) is 6.22. The zero-order valence-electron chi connectivity index (χ0n) is 15.3. The van der Waals surface area contributed by atoms with Gasteiger partial charge in [-0.3, -0.25) is 4.79 Å². The lowest BCUT2D eigenvalue weighted by molar-refractivity contribution is -0.133. The quantitative estimate of drug-likeness (QED) is 0.427. The summed E-state index contributed by atoms with van der Waals surface area (Å²) in [5.41, 5.74) is 1.27. The molecule has 0 spiro atoms. The number of carbonyl (C=O) groups is 1. The van der Waals surface area contributed by atoms with Gasteiger partial charge < -0.3 is 13.7 Å². The molecule has 9 heteroatoms. The highest BCUT2D eigenvalue weighted by Gasteiger charge is 2.18. The molecular weight excluding hydrogens is 368 g/mol. The van der Waals surface area contributed by atoms with E-state index in [2.05, 4.69) is 15.1 Å². The number of fused-ring (bicyclic) bond motifs is 1. The van der Waals surface area contributed by atoms with Crippen LogP contribution in [0.1, 0.15) is 26.7 Å². The van der Waals surface area contributed by atoms with Crippen LogP contribution < -0.4 is 9.47 Å². The maximum Gasteiger partial charge on any atom is 0.319 e. The molecule has 2 heterocycles. The SMILES string of the molecule is CCCC(=O)OSc1nc(OCC)nc2c1cnn2-c1ccccc1OC. The van der Waals surface area contributed by atoms with Gasteiger partial charge in [0.1, 0.15) is 23.5 Å². The van der Waals surface area contributed by atoms with E-state index in [4.69, 9.17) is 13.7 Å². The van der Waals surface area contributed by atoms with Crippen LogP contribution in [0.5, 0.6) is 11.8 Å². The van der Waals surface area contributed by atoms with Crippen molar-refractivity contribution in [1.82, 2.24) is 19.7 Å². The van der Waals surface area contributed by atoms with E-state index in [1.165, 1.54) is 0 Å². The molecule has 0 aliphatic rings. The number of carbonyl (C=O) groups excluding carboxylic acids is 1. The Morgan fingerprint density at radius 3 is 2.78 bits per heavy atom. The maximum absolute atomic E-state index is 11.7. The molecule has 1 aromatic carbocycles. The molecule has 27 heavy (non-hydrogen) atoms. The van der Waals surface area contributed by atoms with E-state index in [-0.39, 0.29) is 12.0 Å². The Morgan fingerprint density at radius 1 is 1.22 bits per heavy atom. The Kier molecular flexibility index (Phi) is 6.12. The Labute approximate surface area is 161 Å². The minimum Gasteiger partial charge on any atom is -0.494 e. The number of aromatic nitrogens is 4. The molecular formula is C18H20N4O4S. The van der Waals surface area contributed by atoms with Gasteiger partial charge in [0.15, 0.2) is 10.7 Å². The second kappa shape index (κ2) is 8.72. The van der Waals surface area contributed by atoms with Crippen LogP contribution in [0.3, 0.4) is 0 Å². The van der Waals surface area contributed by atoms with Crippen molar-refractivity contribution in [3.8, 4) is 17.4 Å². The Hall–Kier alpha value is -2.81. The summed E-state index contributed by atoms with van der Waals surface area (Å²) in [5.74, 6) is 0.354. The number of ether oxygens (including phenoxy) is 2. The highest BCUT2D eigenvalue weighted by Crippen LogP contribution is 2.31. The van der Waals surface area contributed by atoms with Crippen LogP contribution in [-0.2, 0) is 8.98 Å². The summed E-state index contributed by atoms with van der Waals surface area (Å²) < 4.78 is 17.8. The Morgan fingerprint density at radius 2 is 2.04 bits per heavy atom. The molecule has 0 unspecified atom stereocenters. The predicted octanol–water partition coefficient (Wildman–Crippen LogP) is 3.57. The van der Waals surface area contributed by atoms with Crippen LogP contribution in [-0.4, -0.2) is 39.4 Å². The minimum absolute atomic E-state index is 0.190. The summed E-state index contributed by atoms with van der Waals surface area (Å²) in [6.45, 7) is 4.17. The Bertz CT molecular complexity index is 944. The molecule has 0 radical (unpaired) electrons. The van der Waals surface area contributed by atoms with Crippen molar-refractivity contribution < 1.29 is 18.5 Å². The van der Waals surface area contributed by atoms with E-state index in [1.54, 1.807) is 18.0 Å². The van der Waals surface area contributed by atoms with Crippen molar-refractivity contribution in [1.29, 1.82) is 0 Å². The van der Waals surface area contributed by atoms with Crippen LogP contribution in [0.4, 0.5) is 0 Å². The van der Waals surface area contributed by atoms with Gasteiger partial charge in [0.2, 0.25) is 0 Å². The monoisotopic (exact) mass is 388 g/mol. The number of hydrogen-bond acceptors (Lipinski definition) is 8. The predicted molar refractivity (Wildman–Crippen MR) is 101 cm³/mol. The average molecular weight is 388 g/mol. The van der Waals surface area contributed by atoms with Crippen LogP contribution in [0.15, 0.2) is 35.5 Å². The largest absolute Gasteiger partial charge is 0.494 e. The first-order chi connectivity index (χ1) is 13.2. The molecule has 0 aliphatic heterocycles. The zero-order chi connectivity index (χ0) is 19.2. The van der Waals surface area contributed by atoms with Crippen LogP contribution in [0.2, 0.25) is 0 Å². The molecule has 3 rings (SSSR count). The van der Waals surface area contributed by atoms with Crippen LogP contribution in [0, 0.1) is 0 Å². The summed E-state index contributed by atoms with van der Waals surface area (Å²) in [7, 11) is 1.60. The van der Waals surface area contributed by atoms with Gasteiger partial charge in [0.25, 0.3) is 0 Å². The fourth-order valence-corrected chi connectivity index (χ4v) is 3.04. The summed E-state index contributed by atoms with van der Waals surface area (Å²) >= 11 is 0.891. The van der Waals surface area contributed by atoms with E-state index >= 15 is 0 Å². The van der Waals surface area contributed by atoms with Gasteiger partial charge in [-0.2, -0.15) is 15.1 Å². The molecule has 0 N–H and O–H groups in total. The summed E-state index contributed by atoms with van der Waals surface area (Å²) in [5, 5.41) is 5.54. The standard InChI is InChI=1S/C18H20N4O4S/c1-4-8-15(23)26-27-17-12-11-19-22(13-9-6-7-10-14(13)24-3)16(12)20-18(21-17)25-5-2/h6-7,9-11H,4-5,8H2,1-3H3.